The Kier molecular flexibility index (Phi) is 3.64. The molecule has 19 heavy (non-hydrogen) atoms. The van der Waals surface area contributed by atoms with E-state index in [-0.39, 0.29) is 0 Å². The summed E-state index contributed by atoms with van der Waals surface area (Å²) in [4.78, 5) is 2.71. The predicted molar refractivity (Wildman–Crippen MR) is 80.3 cm³/mol. The minimum atomic E-state index is 0.456. The van der Waals surface area contributed by atoms with Crippen molar-refractivity contribution in [2.45, 2.75) is 64.2 Å². The van der Waals surface area contributed by atoms with Crippen LogP contribution in [0.3, 0.4) is 0 Å². The quantitative estimate of drug-likeness (QED) is 0.891. The number of hydrogen-bond donors (Lipinski definition) is 1. The standard InChI is InChI=1S/C17H26N2/c1-12-6-4-5-7-17(12)14(3)18-15-10-13(2)19(11-15)16-8-9-16/h4-7,13-16,18H,8-11H2,1-3H3/t13?,14-,15?/m1/s1. The summed E-state index contributed by atoms with van der Waals surface area (Å²) in [5.41, 5.74) is 2.84. The van der Waals surface area contributed by atoms with E-state index in [1.165, 1.54) is 36.9 Å². The number of nitrogens with zero attached hydrogens (tertiary/aromatic N) is 1. The van der Waals surface area contributed by atoms with E-state index in [0.29, 0.717) is 12.1 Å². The van der Waals surface area contributed by atoms with Gasteiger partial charge in [0, 0.05) is 30.7 Å². The monoisotopic (exact) mass is 258 g/mol. The van der Waals surface area contributed by atoms with Crippen molar-refractivity contribution in [2.75, 3.05) is 6.54 Å². The number of rotatable bonds is 4. The molecule has 0 amide bonds. The second kappa shape index (κ2) is 5.26. The van der Waals surface area contributed by atoms with Gasteiger partial charge in [-0.15, -0.1) is 0 Å². The third-order valence-electron chi connectivity index (χ3n) is 4.78. The summed E-state index contributed by atoms with van der Waals surface area (Å²) in [5.74, 6) is 0. The second-order valence-corrected chi connectivity index (χ2v) is 6.45. The molecule has 1 aliphatic carbocycles. The maximum Gasteiger partial charge on any atom is 0.0297 e. The second-order valence-electron chi connectivity index (χ2n) is 6.45. The predicted octanol–water partition coefficient (Wildman–Crippen LogP) is 3.27. The molecule has 1 aromatic rings. The van der Waals surface area contributed by atoms with Gasteiger partial charge in [0.05, 0.1) is 0 Å². The summed E-state index contributed by atoms with van der Waals surface area (Å²) < 4.78 is 0. The van der Waals surface area contributed by atoms with Gasteiger partial charge in [-0.25, -0.2) is 0 Å². The van der Waals surface area contributed by atoms with Crippen LogP contribution in [0.5, 0.6) is 0 Å². The van der Waals surface area contributed by atoms with Crippen molar-refractivity contribution in [3.63, 3.8) is 0 Å². The van der Waals surface area contributed by atoms with Crippen molar-refractivity contribution in [1.29, 1.82) is 0 Å². The molecule has 2 heteroatoms. The third-order valence-corrected chi connectivity index (χ3v) is 4.78. The van der Waals surface area contributed by atoms with Crippen molar-refractivity contribution in [3.05, 3.63) is 35.4 Å². The molecule has 3 atom stereocenters. The number of nitrogens with one attached hydrogen (secondary N) is 1. The Labute approximate surface area is 117 Å². The van der Waals surface area contributed by atoms with E-state index in [0.717, 1.165) is 12.1 Å². The molecule has 0 radical (unpaired) electrons. The van der Waals surface area contributed by atoms with E-state index >= 15 is 0 Å². The highest BCUT2D eigenvalue weighted by atomic mass is 15.3. The van der Waals surface area contributed by atoms with Gasteiger partial charge in [-0.05, 0) is 51.2 Å². The Bertz CT molecular complexity index is 439. The smallest absolute Gasteiger partial charge is 0.0297 e. The molecule has 2 aliphatic rings. The van der Waals surface area contributed by atoms with Crippen molar-refractivity contribution >= 4 is 0 Å². The molecular weight excluding hydrogens is 232 g/mol. The van der Waals surface area contributed by atoms with E-state index in [1.807, 2.05) is 0 Å². The van der Waals surface area contributed by atoms with Gasteiger partial charge in [-0.1, -0.05) is 24.3 Å². The maximum atomic E-state index is 3.84. The molecule has 2 nitrogen and oxygen atoms in total. The van der Waals surface area contributed by atoms with Gasteiger partial charge in [0.25, 0.3) is 0 Å². The highest BCUT2D eigenvalue weighted by molar-refractivity contribution is 5.28. The van der Waals surface area contributed by atoms with Gasteiger partial charge in [0.1, 0.15) is 0 Å². The van der Waals surface area contributed by atoms with Gasteiger partial charge in [0.2, 0.25) is 0 Å². The summed E-state index contributed by atoms with van der Waals surface area (Å²) in [6, 6.07) is 11.5. The lowest BCUT2D eigenvalue weighted by Gasteiger charge is -2.22. The molecule has 1 saturated heterocycles. The van der Waals surface area contributed by atoms with Crippen LogP contribution in [0.1, 0.15) is 50.3 Å². The van der Waals surface area contributed by atoms with E-state index in [1.54, 1.807) is 0 Å². The van der Waals surface area contributed by atoms with Gasteiger partial charge in [0.15, 0.2) is 0 Å². The molecule has 0 spiro atoms. The number of benzene rings is 1. The lowest BCUT2D eigenvalue weighted by molar-refractivity contribution is 0.254. The third kappa shape index (κ3) is 2.85. The normalized spacial score (nSPS) is 29.6. The molecule has 1 aliphatic heterocycles. The zero-order chi connectivity index (χ0) is 13.4. The first-order chi connectivity index (χ1) is 9.15. The zero-order valence-electron chi connectivity index (χ0n) is 12.4. The van der Waals surface area contributed by atoms with Gasteiger partial charge in [-0.2, -0.15) is 0 Å². The van der Waals surface area contributed by atoms with E-state index in [4.69, 9.17) is 0 Å². The first kappa shape index (κ1) is 13.1. The van der Waals surface area contributed by atoms with Crippen LogP contribution in [0.15, 0.2) is 24.3 Å². The van der Waals surface area contributed by atoms with Crippen LogP contribution in [-0.4, -0.2) is 29.6 Å². The van der Waals surface area contributed by atoms with Crippen LogP contribution in [0, 0.1) is 6.92 Å². The minimum absolute atomic E-state index is 0.456. The largest absolute Gasteiger partial charge is 0.306 e. The Balaban J connectivity index is 1.61. The Morgan fingerprint density at radius 2 is 2.00 bits per heavy atom. The molecule has 2 unspecified atom stereocenters. The fourth-order valence-electron chi connectivity index (χ4n) is 3.61. The fourth-order valence-corrected chi connectivity index (χ4v) is 3.61. The molecule has 0 bridgehead atoms. The van der Waals surface area contributed by atoms with E-state index in [9.17, 15) is 0 Å². The molecule has 2 fully saturated rings. The first-order valence-corrected chi connectivity index (χ1v) is 7.72. The molecule has 1 aromatic carbocycles. The van der Waals surface area contributed by atoms with Crippen molar-refractivity contribution in [1.82, 2.24) is 10.2 Å². The fraction of sp³-hybridized carbons (Fsp3) is 0.647. The molecule has 1 N–H and O–H groups in total. The average Bonchev–Trinajstić information content (AvgIpc) is 3.15. The summed E-state index contributed by atoms with van der Waals surface area (Å²) in [5, 5.41) is 3.84. The molecule has 3 rings (SSSR count). The Morgan fingerprint density at radius 3 is 2.68 bits per heavy atom. The number of likely N-dealkylation sites (tertiary alicyclic amines) is 1. The zero-order valence-corrected chi connectivity index (χ0v) is 12.4. The maximum absolute atomic E-state index is 3.84. The lowest BCUT2D eigenvalue weighted by Crippen LogP contribution is -2.35. The van der Waals surface area contributed by atoms with Crippen LogP contribution < -0.4 is 5.32 Å². The summed E-state index contributed by atoms with van der Waals surface area (Å²) in [7, 11) is 0. The van der Waals surface area contributed by atoms with E-state index in [2.05, 4.69) is 55.3 Å². The SMILES string of the molecule is Cc1ccccc1[C@@H](C)NC1CC(C)N(C2CC2)C1. The van der Waals surface area contributed by atoms with Crippen molar-refractivity contribution in [3.8, 4) is 0 Å². The highest BCUT2D eigenvalue weighted by Crippen LogP contribution is 2.33. The van der Waals surface area contributed by atoms with Gasteiger partial charge < -0.3 is 5.32 Å². The Hall–Kier alpha value is -0.860. The van der Waals surface area contributed by atoms with Crippen molar-refractivity contribution in [2.24, 2.45) is 0 Å². The van der Waals surface area contributed by atoms with E-state index < -0.39 is 0 Å². The first-order valence-electron chi connectivity index (χ1n) is 7.72. The number of aryl methyl sites for hydroxylation is 1. The van der Waals surface area contributed by atoms with Crippen LogP contribution >= 0.6 is 0 Å². The molecule has 104 valence electrons. The lowest BCUT2D eigenvalue weighted by atomic mass is 10.0. The molecule has 1 heterocycles. The Morgan fingerprint density at radius 1 is 1.26 bits per heavy atom. The highest BCUT2D eigenvalue weighted by Gasteiger charge is 2.38. The topological polar surface area (TPSA) is 15.3 Å². The van der Waals surface area contributed by atoms with Crippen LogP contribution in [-0.2, 0) is 0 Å². The molecule has 1 saturated carbocycles. The van der Waals surface area contributed by atoms with Crippen molar-refractivity contribution < 1.29 is 0 Å². The average molecular weight is 258 g/mol. The summed E-state index contributed by atoms with van der Waals surface area (Å²) in [6.07, 6.45) is 4.14. The van der Waals surface area contributed by atoms with Crippen LogP contribution in [0.2, 0.25) is 0 Å². The van der Waals surface area contributed by atoms with Crippen LogP contribution in [0.4, 0.5) is 0 Å². The van der Waals surface area contributed by atoms with Crippen LogP contribution in [0.25, 0.3) is 0 Å². The summed E-state index contributed by atoms with van der Waals surface area (Å²) >= 11 is 0. The van der Waals surface area contributed by atoms with Gasteiger partial charge in [-0.3, -0.25) is 4.90 Å². The molecular formula is C17H26N2. The summed E-state index contributed by atoms with van der Waals surface area (Å²) in [6.45, 7) is 8.13. The number of hydrogen-bond acceptors (Lipinski definition) is 2. The minimum Gasteiger partial charge on any atom is -0.306 e. The van der Waals surface area contributed by atoms with Gasteiger partial charge >= 0.3 is 0 Å². The molecule has 0 aromatic heterocycles.